The van der Waals surface area contributed by atoms with Crippen LogP contribution < -0.4 is 14.3 Å². The van der Waals surface area contributed by atoms with Gasteiger partial charge in [0.25, 0.3) is 5.91 Å². The van der Waals surface area contributed by atoms with Crippen molar-refractivity contribution in [2.45, 2.75) is 6.54 Å². The Kier molecular flexibility index (Phi) is 6.79. The first kappa shape index (κ1) is 20.8. The van der Waals surface area contributed by atoms with E-state index >= 15 is 0 Å². The number of halogens is 1. The van der Waals surface area contributed by atoms with Crippen LogP contribution in [0.1, 0.15) is 5.56 Å². The minimum atomic E-state index is -0.419. The number of ether oxygens (including phenoxy) is 3. The van der Waals surface area contributed by atoms with Crippen molar-refractivity contribution in [3.8, 4) is 11.5 Å². The van der Waals surface area contributed by atoms with Gasteiger partial charge < -0.3 is 18.8 Å². The van der Waals surface area contributed by atoms with Crippen molar-refractivity contribution in [2.24, 2.45) is 4.99 Å². The summed E-state index contributed by atoms with van der Waals surface area (Å²) in [4.78, 5) is 17.1. The molecule has 0 saturated carbocycles. The molecule has 3 aromatic rings. The van der Waals surface area contributed by atoms with E-state index in [0.29, 0.717) is 29.5 Å². The summed E-state index contributed by atoms with van der Waals surface area (Å²) in [5.41, 5.74) is 1.58. The molecule has 2 aromatic carbocycles. The molecule has 29 heavy (non-hydrogen) atoms. The van der Waals surface area contributed by atoms with E-state index in [9.17, 15) is 9.18 Å². The molecule has 3 rings (SSSR count). The molecule has 8 heteroatoms. The quantitative estimate of drug-likeness (QED) is 0.552. The van der Waals surface area contributed by atoms with Crippen LogP contribution in [0.5, 0.6) is 11.5 Å². The van der Waals surface area contributed by atoms with Gasteiger partial charge in [-0.2, -0.15) is 4.99 Å². The predicted octanol–water partition coefficient (Wildman–Crippen LogP) is 3.65. The Hall–Kier alpha value is -2.97. The molecular weight excluding hydrogens is 395 g/mol. The van der Waals surface area contributed by atoms with Crippen LogP contribution in [0.3, 0.4) is 0 Å². The molecule has 0 aliphatic heterocycles. The first-order valence-electron chi connectivity index (χ1n) is 8.82. The van der Waals surface area contributed by atoms with Crippen molar-refractivity contribution in [2.75, 3.05) is 27.9 Å². The highest BCUT2D eigenvalue weighted by Crippen LogP contribution is 2.28. The molecule has 1 heterocycles. The Morgan fingerprint density at radius 1 is 1.14 bits per heavy atom. The van der Waals surface area contributed by atoms with Crippen LogP contribution in [0.4, 0.5) is 4.39 Å². The summed E-state index contributed by atoms with van der Waals surface area (Å²) in [7, 11) is 4.71. The summed E-state index contributed by atoms with van der Waals surface area (Å²) >= 11 is 1.26. The Balaban J connectivity index is 1.92. The van der Waals surface area contributed by atoms with Crippen LogP contribution in [0.2, 0.25) is 0 Å². The van der Waals surface area contributed by atoms with Crippen molar-refractivity contribution in [3.05, 3.63) is 58.7 Å². The average Bonchev–Trinajstić information content (AvgIpc) is 3.06. The maximum absolute atomic E-state index is 13.6. The number of benzene rings is 2. The highest BCUT2D eigenvalue weighted by molar-refractivity contribution is 7.16. The number of hydrogen-bond acceptors (Lipinski definition) is 5. The molecule has 0 N–H and O–H groups in total. The second kappa shape index (κ2) is 9.49. The summed E-state index contributed by atoms with van der Waals surface area (Å²) in [5.74, 6) is 0.433. The fourth-order valence-corrected chi connectivity index (χ4v) is 3.87. The number of hydrogen-bond donors (Lipinski definition) is 0. The van der Waals surface area contributed by atoms with Gasteiger partial charge in [-0.25, -0.2) is 4.39 Å². The lowest BCUT2D eigenvalue weighted by molar-refractivity contribution is -0.113. The third-order valence-electron chi connectivity index (χ3n) is 4.20. The zero-order chi connectivity index (χ0) is 20.8. The van der Waals surface area contributed by atoms with Crippen molar-refractivity contribution >= 4 is 33.5 Å². The van der Waals surface area contributed by atoms with E-state index in [-0.39, 0.29) is 5.82 Å². The summed E-state index contributed by atoms with van der Waals surface area (Å²) in [6.07, 6.45) is 3.03. The van der Waals surface area contributed by atoms with E-state index in [4.69, 9.17) is 14.2 Å². The summed E-state index contributed by atoms with van der Waals surface area (Å²) in [6, 6.07) is 9.85. The average molecular weight is 416 g/mol. The number of amides is 1. The molecule has 152 valence electrons. The topological polar surface area (TPSA) is 62.1 Å². The smallest absolute Gasteiger partial charge is 0.272 e. The number of aromatic nitrogens is 1. The first-order valence-corrected chi connectivity index (χ1v) is 9.64. The maximum Gasteiger partial charge on any atom is 0.272 e. The van der Waals surface area contributed by atoms with Crippen LogP contribution >= 0.6 is 11.3 Å². The third-order valence-corrected chi connectivity index (χ3v) is 5.24. The van der Waals surface area contributed by atoms with Crippen LogP contribution in [0.25, 0.3) is 16.3 Å². The zero-order valence-corrected chi connectivity index (χ0v) is 17.2. The maximum atomic E-state index is 13.6. The van der Waals surface area contributed by atoms with E-state index in [0.717, 1.165) is 15.8 Å². The van der Waals surface area contributed by atoms with E-state index in [1.807, 2.05) is 10.6 Å². The number of rotatable bonds is 7. The van der Waals surface area contributed by atoms with Gasteiger partial charge in [0, 0.05) is 19.7 Å². The molecule has 1 amide bonds. The van der Waals surface area contributed by atoms with Crippen LogP contribution in [0.15, 0.2) is 47.5 Å². The summed E-state index contributed by atoms with van der Waals surface area (Å²) in [5, 5.41) is 0. The normalized spacial score (nSPS) is 12.1. The van der Waals surface area contributed by atoms with Crippen molar-refractivity contribution in [1.29, 1.82) is 0 Å². The Bertz CT molecular complexity index is 1120. The number of methoxy groups -OCH3 is 3. The molecule has 0 atom stereocenters. The summed E-state index contributed by atoms with van der Waals surface area (Å²) in [6.45, 7) is 0.958. The Morgan fingerprint density at radius 2 is 1.93 bits per heavy atom. The molecule has 0 bridgehead atoms. The molecular formula is C21H21FN2O4S. The van der Waals surface area contributed by atoms with Crippen LogP contribution in [-0.2, 0) is 16.1 Å². The standard InChI is InChI=1S/C21H21FN2O4S/c1-26-11-10-24-16-7-6-15(22)13-19(16)29-21(24)23-20(25)9-5-14-4-8-17(27-2)18(12-14)28-3/h4-9,12-13H,10-11H2,1-3H3/b9-5-,23-21?. The minimum Gasteiger partial charge on any atom is -0.493 e. The Labute approximate surface area is 171 Å². The third kappa shape index (κ3) is 4.90. The predicted molar refractivity (Wildman–Crippen MR) is 111 cm³/mol. The highest BCUT2D eigenvalue weighted by Gasteiger charge is 2.08. The van der Waals surface area contributed by atoms with Gasteiger partial charge in [-0.1, -0.05) is 17.4 Å². The van der Waals surface area contributed by atoms with Gasteiger partial charge in [-0.15, -0.1) is 0 Å². The van der Waals surface area contributed by atoms with Gasteiger partial charge in [0.1, 0.15) is 5.82 Å². The van der Waals surface area contributed by atoms with Crippen LogP contribution in [0, 0.1) is 5.82 Å². The lowest BCUT2D eigenvalue weighted by Gasteiger charge is -2.07. The van der Waals surface area contributed by atoms with Gasteiger partial charge in [-0.05, 0) is 42.0 Å². The zero-order valence-electron chi connectivity index (χ0n) is 16.3. The van der Waals surface area contributed by atoms with E-state index in [1.54, 1.807) is 45.6 Å². The van der Waals surface area contributed by atoms with E-state index in [2.05, 4.69) is 4.99 Å². The van der Waals surface area contributed by atoms with Gasteiger partial charge in [0.2, 0.25) is 0 Å². The monoisotopic (exact) mass is 416 g/mol. The largest absolute Gasteiger partial charge is 0.493 e. The van der Waals surface area contributed by atoms with E-state index in [1.165, 1.54) is 29.5 Å². The highest BCUT2D eigenvalue weighted by atomic mass is 32.1. The summed E-state index contributed by atoms with van der Waals surface area (Å²) < 4.78 is 31.7. The second-order valence-electron chi connectivity index (χ2n) is 6.04. The first-order chi connectivity index (χ1) is 14.0. The van der Waals surface area contributed by atoms with Gasteiger partial charge in [0.15, 0.2) is 16.3 Å². The number of fused-ring (bicyclic) bond motifs is 1. The minimum absolute atomic E-state index is 0.330. The molecule has 0 aliphatic carbocycles. The van der Waals surface area contributed by atoms with Crippen molar-refractivity contribution < 1.29 is 23.4 Å². The van der Waals surface area contributed by atoms with Crippen molar-refractivity contribution in [3.63, 3.8) is 0 Å². The number of carbonyl (C=O) groups excluding carboxylic acids is 1. The van der Waals surface area contributed by atoms with E-state index < -0.39 is 5.91 Å². The molecule has 0 spiro atoms. The number of thiazole rings is 1. The van der Waals surface area contributed by atoms with Crippen molar-refractivity contribution in [1.82, 2.24) is 4.57 Å². The Morgan fingerprint density at radius 3 is 2.66 bits per heavy atom. The van der Waals surface area contributed by atoms with Gasteiger partial charge >= 0.3 is 0 Å². The fraction of sp³-hybridized carbons (Fsp3) is 0.238. The molecule has 0 fully saturated rings. The molecule has 0 saturated heterocycles. The molecule has 0 aliphatic rings. The molecule has 0 unspecified atom stereocenters. The number of carbonyl (C=O) groups is 1. The SMILES string of the molecule is COCCn1c(=NC(=O)/C=C\c2ccc(OC)c(OC)c2)sc2cc(F)ccc21. The second-order valence-corrected chi connectivity index (χ2v) is 7.05. The lowest BCUT2D eigenvalue weighted by Crippen LogP contribution is -2.18. The van der Waals surface area contributed by atoms with Gasteiger partial charge in [0.05, 0.1) is 31.0 Å². The molecule has 6 nitrogen and oxygen atoms in total. The lowest BCUT2D eigenvalue weighted by atomic mass is 10.2. The van der Waals surface area contributed by atoms with Gasteiger partial charge in [-0.3, -0.25) is 4.79 Å². The molecule has 0 radical (unpaired) electrons. The van der Waals surface area contributed by atoms with Crippen LogP contribution in [-0.4, -0.2) is 38.4 Å². The molecule has 1 aromatic heterocycles. The number of nitrogens with zero attached hydrogens (tertiary/aromatic N) is 2. The fourth-order valence-electron chi connectivity index (χ4n) is 2.79.